The zero-order valence-electron chi connectivity index (χ0n) is 14.3. The molecule has 1 amide bonds. The molecule has 1 saturated heterocycles. The van der Waals surface area contributed by atoms with Gasteiger partial charge in [0.05, 0.1) is 31.0 Å². The number of nitrogens with zero attached hydrogens (tertiary/aromatic N) is 3. The van der Waals surface area contributed by atoms with E-state index >= 15 is 0 Å². The zero-order valence-corrected chi connectivity index (χ0v) is 14.3. The minimum Gasteiger partial charge on any atom is -0.373 e. The van der Waals surface area contributed by atoms with Crippen LogP contribution in [0.1, 0.15) is 28.7 Å². The van der Waals surface area contributed by atoms with E-state index < -0.39 is 0 Å². The van der Waals surface area contributed by atoms with E-state index in [-0.39, 0.29) is 12.0 Å². The fourth-order valence-electron chi connectivity index (χ4n) is 2.92. The molecule has 7 nitrogen and oxygen atoms in total. The van der Waals surface area contributed by atoms with Gasteiger partial charge >= 0.3 is 0 Å². The molecule has 3 heterocycles. The van der Waals surface area contributed by atoms with Crippen LogP contribution in [0.25, 0.3) is 0 Å². The average molecular weight is 329 g/mol. The Morgan fingerprint density at radius 2 is 2.29 bits per heavy atom. The molecule has 0 aromatic carbocycles. The lowest BCUT2D eigenvalue weighted by Gasteiger charge is -2.33. The number of carbonyl (C=O) groups is 1. The van der Waals surface area contributed by atoms with E-state index in [0.29, 0.717) is 26.1 Å². The second-order valence-corrected chi connectivity index (χ2v) is 5.99. The summed E-state index contributed by atoms with van der Waals surface area (Å²) in [7, 11) is 1.83. The van der Waals surface area contributed by atoms with Gasteiger partial charge in [0.15, 0.2) is 0 Å². The first kappa shape index (κ1) is 16.4. The van der Waals surface area contributed by atoms with Crippen molar-refractivity contribution in [3.63, 3.8) is 0 Å². The number of rotatable bonds is 4. The van der Waals surface area contributed by atoms with Gasteiger partial charge in [-0.1, -0.05) is 6.07 Å². The molecule has 0 bridgehead atoms. The van der Waals surface area contributed by atoms with Gasteiger partial charge in [-0.15, -0.1) is 0 Å². The zero-order chi connectivity index (χ0) is 17.1. The topological polar surface area (TPSA) is 83.1 Å². The van der Waals surface area contributed by atoms with Crippen molar-refractivity contribution in [2.45, 2.75) is 26.4 Å². The van der Waals surface area contributed by atoms with Crippen LogP contribution in [-0.2, 0) is 16.0 Å². The number of aromatic amines is 1. The predicted molar refractivity (Wildman–Crippen MR) is 90.8 cm³/mol. The maximum Gasteiger partial charge on any atom is 0.227 e. The van der Waals surface area contributed by atoms with Crippen LogP contribution in [0.3, 0.4) is 0 Å². The van der Waals surface area contributed by atoms with Crippen molar-refractivity contribution in [3.8, 4) is 0 Å². The Bertz CT molecular complexity index is 708. The molecule has 2 aromatic rings. The molecule has 24 heavy (non-hydrogen) atoms. The number of carbonyl (C=O) groups excluding carboxylic acids is 1. The van der Waals surface area contributed by atoms with Gasteiger partial charge in [-0.2, -0.15) is 5.10 Å². The van der Waals surface area contributed by atoms with E-state index in [0.717, 1.165) is 28.5 Å². The Morgan fingerprint density at radius 3 is 3.00 bits per heavy atom. The van der Waals surface area contributed by atoms with E-state index in [1.54, 1.807) is 0 Å². The van der Waals surface area contributed by atoms with Gasteiger partial charge in [0.25, 0.3) is 0 Å². The number of ether oxygens (including phenoxy) is 1. The van der Waals surface area contributed by atoms with Crippen LogP contribution >= 0.6 is 0 Å². The van der Waals surface area contributed by atoms with Gasteiger partial charge in [0.2, 0.25) is 5.91 Å². The number of amides is 1. The fraction of sp³-hybridized carbons (Fsp3) is 0.471. The number of anilines is 1. The number of nitrogens with one attached hydrogen (secondary N) is 2. The van der Waals surface area contributed by atoms with Gasteiger partial charge in [0, 0.05) is 24.8 Å². The number of hydrogen-bond donors (Lipinski definition) is 2. The highest BCUT2D eigenvalue weighted by atomic mass is 16.5. The normalized spacial score (nSPS) is 17.8. The maximum absolute atomic E-state index is 12.7. The number of morpholine rings is 1. The summed E-state index contributed by atoms with van der Waals surface area (Å²) in [4.78, 5) is 19.0. The smallest absolute Gasteiger partial charge is 0.227 e. The van der Waals surface area contributed by atoms with Crippen molar-refractivity contribution in [1.82, 2.24) is 20.1 Å². The van der Waals surface area contributed by atoms with Gasteiger partial charge < -0.3 is 15.0 Å². The second-order valence-electron chi connectivity index (χ2n) is 5.99. The predicted octanol–water partition coefficient (Wildman–Crippen LogP) is 1.61. The summed E-state index contributed by atoms with van der Waals surface area (Å²) < 4.78 is 5.82. The average Bonchev–Trinajstić information content (AvgIpc) is 2.94. The van der Waals surface area contributed by atoms with Crippen LogP contribution in [0.5, 0.6) is 0 Å². The SMILES string of the molecule is CNc1cccc([C@@H]2CN(C(=O)Cc3c(C)n[nH]c3C)CCO2)n1. The molecule has 128 valence electrons. The summed E-state index contributed by atoms with van der Waals surface area (Å²) >= 11 is 0. The van der Waals surface area contributed by atoms with Crippen LogP contribution < -0.4 is 5.32 Å². The Kier molecular flexibility index (Phi) is 4.80. The van der Waals surface area contributed by atoms with E-state index in [1.165, 1.54) is 0 Å². The van der Waals surface area contributed by atoms with Crippen LogP contribution in [-0.4, -0.2) is 52.7 Å². The highest BCUT2D eigenvalue weighted by Gasteiger charge is 2.27. The van der Waals surface area contributed by atoms with Crippen LogP contribution in [0.15, 0.2) is 18.2 Å². The summed E-state index contributed by atoms with van der Waals surface area (Å²) in [5, 5.41) is 10.1. The number of hydrogen-bond acceptors (Lipinski definition) is 5. The van der Waals surface area contributed by atoms with Crippen LogP contribution in [0.2, 0.25) is 0 Å². The third-order valence-corrected chi connectivity index (χ3v) is 4.38. The van der Waals surface area contributed by atoms with Gasteiger partial charge in [0.1, 0.15) is 11.9 Å². The molecule has 0 spiro atoms. The minimum absolute atomic E-state index is 0.0978. The lowest BCUT2D eigenvalue weighted by atomic mass is 10.1. The molecular formula is C17H23N5O2. The van der Waals surface area contributed by atoms with E-state index in [4.69, 9.17) is 4.74 Å². The summed E-state index contributed by atoms with van der Waals surface area (Å²) in [6.45, 7) is 5.51. The minimum atomic E-state index is -0.192. The van der Waals surface area contributed by atoms with Crippen LogP contribution in [0, 0.1) is 13.8 Å². The highest BCUT2D eigenvalue weighted by Crippen LogP contribution is 2.23. The van der Waals surface area contributed by atoms with Crippen molar-refractivity contribution in [2.24, 2.45) is 0 Å². The molecule has 1 atom stereocenters. The number of aryl methyl sites for hydroxylation is 2. The van der Waals surface area contributed by atoms with Crippen molar-refractivity contribution >= 4 is 11.7 Å². The second kappa shape index (κ2) is 7.00. The summed E-state index contributed by atoms with van der Waals surface area (Å²) in [5.41, 5.74) is 3.66. The van der Waals surface area contributed by atoms with Crippen molar-refractivity contribution in [3.05, 3.63) is 40.8 Å². The maximum atomic E-state index is 12.7. The molecular weight excluding hydrogens is 306 g/mol. The molecule has 0 radical (unpaired) electrons. The van der Waals surface area contributed by atoms with Crippen molar-refractivity contribution in [1.29, 1.82) is 0 Å². The van der Waals surface area contributed by atoms with Gasteiger partial charge in [-0.3, -0.25) is 9.89 Å². The number of aromatic nitrogens is 3. The fourth-order valence-corrected chi connectivity index (χ4v) is 2.92. The van der Waals surface area contributed by atoms with Crippen LogP contribution in [0.4, 0.5) is 5.82 Å². The standard InChI is InChI=1S/C17H23N5O2/c1-11-13(12(2)21-20-11)9-17(23)22-7-8-24-15(10-22)14-5-4-6-16(18-3)19-14/h4-6,15H,7-10H2,1-3H3,(H,18,19)(H,20,21)/t15-/m0/s1. The molecule has 2 aromatic heterocycles. The van der Waals surface area contributed by atoms with E-state index in [1.807, 2.05) is 44.0 Å². The molecule has 3 rings (SSSR count). The Balaban J connectivity index is 1.69. The Hall–Kier alpha value is -2.41. The Morgan fingerprint density at radius 1 is 1.46 bits per heavy atom. The van der Waals surface area contributed by atoms with Gasteiger partial charge in [-0.25, -0.2) is 4.98 Å². The lowest BCUT2D eigenvalue weighted by Crippen LogP contribution is -2.43. The largest absolute Gasteiger partial charge is 0.373 e. The molecule has 1 aliphatic heterocycles. The third kappa shape index (κ3) is 3.41. The summed E-state index contributed by atoms with van der Waals surface area (Å²) in [6.07, 6.45) is 0.174. The third-order valence-electron chi connectivity index (χ3n) is 4.38. The van der Waals surface area contributed by atoms with E-state index in [2.05, 4.69) is 20.5 Å². The summed E-state index contributed by atoms with van der Waals surface area (Å²) in [5.74, 6) is 0.893. The number of pyridine rings is 1. The molecule has 0 aliphatic carbocycles. The molecule has 7 heteroatoms. The van der Waals surface area contributed by atoms with Gasteiger partial charge in [-0.05, 0) is 26.0 Å². The molecule has 2 N–H and O–H groups in total. The highest BCUT2D eigenvalue weighted by molar-refractivity contribution is 5.79. The molecule has 0 saturated carbocycles. The first-order valence-corrected chi connectivity index (χ1v) is 8.13. The summed E-state index contributed by atoms with van der Waals surface area (Å²) in [6, 6.07) is 5.78. The molecule has 1 fully saturated rings. The van der Waals surface area contributed by atoms with E-state index in [9.17, 15) is 4.79 Å². The molecule has 1 aliphatic rings. The Labute approximate surface area is 141 Å². The first-order valence-electron chi connectivity index (χ1n) is 8.13. The van der Waals surface area contributed by atoms with Crippen molar-refractivity contribution in [2.75, 3.05) is 32.1 Å². The van der Waals surface area contributed by atoms with Crippen molar-refractivity contribution < 1.29 is 9.53 Å². The molecule has 0 unspecified atom stereocenters. The first-order chi connectivity index (χ1) is 11.6. The monoisotopic (exact) mass is 329 g/mol. The lowest BCUT2D eigenvalue weighted by molar-refractivity contribution is -0.138. The number of H-pyrrole nitrogens is 1. The quantitative estimate of drug-likeness (QED) is 0.890.